The zero-order valence-corrected chi connectivity index (χ0v) is 34.7. The van der Waals surface area contributed by atoms with Crippen LogP contribution in [0.4, 0.5) is 0 Å². The molecule has 0 aliphatic heterocycles. The number of rotatable bonds is 18. The molecule has 0 radical (unpaired) electrons. The van der Waals surface area contributed by atoms with Crippen LogP contribution in [0.2, 0.25) is 0 Å². The first-order chi connectivity index (χ1) is 28.8. The first kappa shape index (κ1) is 45.6. The fraction of sp³-hybridized carbons (Fsp3) is 0.500. The summed E-state index contributed by atoms with van der Waals surface area (Å²) in [6.07, 6.45) is 8.01. The number of carbonyl (C=O) groups is 5. The molecular weight excluding hydrogens is 765 g/mol. The van der Waals surface area contributed by atoms with Crippen molar-refractivity contribution in [1.29, 1.82) is 0 Å². The Hall–Kier alpha value is -5.47. The first-order valence-electron chi connectivity index (χ1n) is 21.3. The highest BCUT2D eigenvalue weighted by Crippen LogP contribution is 2.37. The average Bonchev–Trinajstić information content (AvgIpc) is 3.25. The van der Waals surface area contributed by atoms with E-state index in [0.29, 0.717) is 6.42 Å². The van der Waals surface area contributed by atoms with Crippen LogP contribution in [0, 0.1) is 11.8 Å². The van der Waals surface area contributed by atoms with Crippen molar-refractivity contribution in [3.05, 3.63) is 95.6 Å². The SMILES string of the molecule is CC(C)[C@H](NC(=O)[C@@H](N)CNC(=O)c1cc(O)ccc1O)C(=O)N[C@@H](CC1CCCCC1)C(=O)N[C@@H](Cc1ccccc1)[C@@H](O)C(=O)NC1(c2ccccc2)CCCCC1. The Morgan fingerprint density at radius 2 is 1.38 bits per heavy atom. The Bertz CT molecular complexity index is 1900. The summed E-state index contributed by atoms with van der Waals surface area (Å²) in [5, 5.41) is 45.7. The number of nitrogens with one attached hydrogen (secondary N) is 5. The molecule has 5 atom stereocenters. The van der Waals surface area contributed by atoms with Gasteiger partial charge in [-0.1, -0.05) is 126 Å². The number of benzene rings is 3. The number of hydrogen-bond donors (Lipinski definition) is 9. The summed E-state index contributed by atoms with van der Waals surface area (Å²) in [4.78, 5) is 68.5. The van der Waals surface area contributed by atoms with Gasteiger partial charge < -0.3 is 47.6 Å². The Balaban J connectivity index is 1.31. The number of carbonyl (C=O) groups excluding carboxylic acids is 5. The fourth-order valence-electron chi connectivity index (χ4n) is 8.42. The zero-order chi connectivity index (χ0) is 43.2. The molecule has 0 heterocycles. The molecule has 0 unspecified atom stereocenters. The van der Waals surface area contributed by atoms with Gasteiger partial charge in [0.25, 0.3) is 11.8 Å². The Labute approximate surface area is 352 Å². The monoisotopic (exact) mass is 826 g/mol. The largest absolute Gasteiger partial charge is 0.508 e. The third kappa shape index (κ3) is 12.5. The molecule has 0 aromatic heterocycles. The van der Waals surface area contributed by atoms with Gasteiger partial charge in [-0.2, -0.15) is 0 Å². The predicted octanol–water partition coefficient (Wildman–Crippen LogP) is 3.82. The van der Waals surface area contributed by atoms with E-state index in [9.17, 15) is 39.3 Å². The summed E-state index contributed by atoms with van der Waals surface area (Å²) in [7, 11) is 0. The van der Waals surface area contributed by atoms with E-state index in [1.165, 1.54) is 6.07 Å². The van der Waals surface area contributed by atoms with Gasteiger partial charge in [-0.05, 0) is 66.8 Å². The highest BCUT2D eigenvalue weighted by atomic mass is 16.3. The fourth-order valence-corrected chi connectivity index (χ4v) is 8.42. The van der Waals surface area contributed by atoms with E-state index in [1.807, 2.05) is 60.7 Å². The second-order valence-electron chi connectivity index (χ2n) is 16.8. The van der Waals surface area contributed by atoms with Crippen molar-refractivity contribution in [3.8, 4) is 11.5 Å². The minimum absolute atomic E-state index is 0.141. The van der Waals surface area contributed by atoms with Crippen LogP contribution < -0.4 is 32.3 Å². The van der Waals surface area contributed by atoms with Gasteiger partial charge in [-0.3, -0.25) is 24.0 Å². The average molecular weight is 827 g/mol. The van der Waals surface area contributed by atoms with Gasteiger partial charge in [0.2, 0.25) is 17.7 Å². The second-order valence-corrected chi connectivity index (χ2v) is 16.8. The van der Waals surface area contributed by atoms with Gasteiger partial charge in [-0.25, -0.2) is 0 Å². The molecule has 324 valence electrons. The van der Waals surface area contributed by atoms with Gasteiger partial charge in [0.1, 0.15) is 29.6 Å². The van der Waals surface area contributed by atoms with Gasteiger partial charge in [-0.15, -0.1) is 0 Å². The Morgan fingerprint density at radius 1 is 0.750 bits per heavy atom. The molecule has 2 aliphatic carbocycles. The highest BCUT2D eigenvalue weighted by Gasteiger charge is 2.40. The van der Waals surface area contributed by atoms with Crippen molar-refractivity contribution in [3.63, 3.8) is 0 Å². The molecule has 0 bridgehead atoms. The molecule has 14 heteroatoms. The van der Waals surface area contributed by atoms with Gasteiger partial charge in [0, 0.05) is 6.54 Å². The van der Waals surface area contributed by atoms with Crippen molar-refractivity contribution in [2.45, 2.75) is 127 Å². The molecule has 3 aromatic rings. The maximum Gasteiger partial charge on any atom is 0.255 e. The van der Waals surface area contributed by atoms with E-state index in [4.69, 9.17) is 5.73 Å². The predicted molar refractivity (Wildman–Crippen MR) is 227 cm³/mol. The van der Waals surface area contributed by atoms with E-state index in [0.717, 1.165) is 87.5 Å². The number of aliphatic hydroxyl groups excluding tert-OH is 1. The van der Waals surface area contributed by atoms with Crippen molar-refractivity contribution in [1.82, 2.24) is 26.6 Å². The summed E-state index contributed by atoms with van der Waals surface area (Å²) in [6, 6.07) is 18.0. The lowest BCUT2D eigenvalue weighted by Crippen LogP contribution is -2.61. The standard InChI is InChI=1S/C46H62N6O8/c1-29(2)39(51-42(57)35(47)28-48-41(56)34-27-33(53)21-22-38(34)54)44(59)50-37(26-31-17-9-4-10-18-31)43(58)49-36(25-30-15-7-3-8-16-30)40(55)45(60)52-46(23-13-6-14-24-46)32-19-11-5-12-20-32/h3,5,7-8,11-12,15-16,19-22,27,29,31,35-37,39-40,53-55H,4,6,9-10,13-14,17-18,23-26,28,47H2,1-2H3,(H,48,56)(H,49,58)(H,50,59)(H,51,57)(H,52,60)/t35-,36-,37-,39-,40+/m0/s1. The third-order valence-electron chi connectivity index (χ3n) is 11.9. The molecule has 3 aromatic carbocycles. The van der Waals surface area contributed by atoms with Crippen molar-refractivity contribution in [2.75, 3.05) is 6.54 Å². The van der Waals surface area contributed by atoms with Crippen LogP contribution in [0.15, 0.2) is 78.9 Å². The van der Waals surface area contributed by atoms with Crippen LogP contribution in [-0.4, -0.2) is 81.7 Å². The number of nitrogens with two attached hydrogens (primary N) is 1. The summed E-state index contributed by atoms with van der Waals surface area (Å²) >= 11 is 0. The van der Waals surface area contributed by atoms with Crippen LogP contribution >= 0.6 is 0 Å². The first-order valence-corrected chi connectivity index (χ1v) is 21.3. The van der Waals surface area contributed by atoms with E-state index >= 15 is 0 Å². The van der Waals surface area contributed by atoms with Crippen molar-refractivity contribution >= 4 is 29.5 Å². The molecular formula is C46H62N6O8. The molecule has 5 rings (SSSR count). The quantitative estimate of drug-likeness (QED) is 0.0848. The highest BCUT2D eigenvalue weighted by molar-refractivity contribution is 5.98. The number of hydrogen-bond acceptors (Lipinski definition) is 9. The number of phenolic OH excluding ortho intramolecular Hbond substituents is 2. The van der Waals surface area contributed by atoms with Gasteiger partial charge in [0.15, 0.2) is 6.10 Å². The van der Waals surface area contributed by atoms with E-state index in [-0.39, 0.29) is 35.9 Å². The van der Waals surface area contributed by atoms with Gasteiger partial charge >= 0.3 is 0 Å². The van der Waals surface area contributed by atoms with Crippen LogP contribution in [0.1, 0.15) is 106 Å². The minimum atomic E-state index is -1.62. The summed E-state index contributed by atoms with van der Waals surface area (Å²) in [5.74, 6) is -4.17. The lowest BCUT2D eigenvalue weighted by molar-refractivity contribution is -0.136. The van der Waals surface area contributed by atoms with Crippen LogP contribution in [0.25, 0.3) is 0 Å². The maximum absolute atomic E-state index is 14.4. The van der Waals surface area contributed by atoms with E-state index in [1.54, 1.807) is 13.8 Å². The van der Waals surface area contributed by atoms with Crippen molar-refractivity contribution in [2.24, 2.45) is 17.6 Å². The Morgan fingerprint density at radius 3 is 2.03 bits per heavy atom. The van der Waals surface area contributed by atoms with E-state index in [2.05, 4.69) is 26.6 Å². The van der Waals surface area contributed by atoms with Crippen LogP contribution in [0.5, 0.6) is 11.5 Å². The number of phenols is 2. The van der Waals surface area contributed by atoms with Crippen LogP contribution in [0.3, 0.4) is 0 Å². The zero-order valence-electron chi connectivity index (χ0n) is 34.7. The second kappa shape index (κ2) is 21.7. The lowest BCUT2D eigenvalue weighted by Gasteiger charge is -2.40. The number of aliphatic hydroxyl groups is 1. The number of aromatic hydroxyl groups is 2. The van der Waals surface area contributed by atoms with E-state index < -0.39 is 71.3 Å². The molecule has 14 nitrogen and oxygen atoms in total. The summed E-state index contributed by atoms with van der Waals surface area (Å²) in [5.41, 5.74) is 7.02. The molecule has 2 saturated carbocycles. The summed E-state index contributed by atoms with van der Waals surface area (Å²) in [6.45, 7) is 3.13. The molecule has 0 spiro atoms. The summed E-state index contributed by atoms with van der Waals surface area (Å²) < 4.78 is 0. The molecule has 2 aliphatic rings. The molecule has 10 N–H and O–H groups in total. The molecule has 60 heavy (non-hydrogen) atoms. The topological polar surface area (TPSA) is 232 Å². The molecule has 5 amide bonds. The smallest absolute Gasteiger partial charge is 0.255 e. The maximum atomic E-state index is 14.4. The molecule has 0 saturated heterocycles. The Kier molecular flexibility index (Phi) is 16.5. The normalized spacial score (nSPS) is 17.9. The van der Waals surface area contributed by atoms with Crippen molar-refractivity contribution < 1.29 is 39.3 Å². The lowest BCUT2D eigenvalue weighted by atomic mass is 9.76. The number of amides is 5. The van der Waals surface area contributed by atoms with Gasteiger partial charge in [0.05, 0.1) is 17.1 Å². The van der Waals surface area contributed by atoms with Crippen LogP contribution in [-0.2, 0) is 31.1 Å². The molecule has 2 fully saturated rings. The third-order valence-corrected chi connectivity index (χ3v) is 11.9. The minimum Gasteiger partial charge on any atom is -0.508 e.